The molecule has 0 aliphatic carbocycles. The third-order valence-corrected chi connectivity index (χ3v) is 11.7. The Hall–Kier alpha value is -7.94. The van der Waals surface area contributed by atoms with E-state index in [1.807, 2.05) is 0 Å². The van der Waals surface area contributed by atoms with Gasteiger partial charge in [-0.2, -0.15) is 0 Å². The van der Waals surface area contributed by atoms with Crippen LogP contribution in [0, 0.1) is 0 Å². The Kier molecular flexibility index (Phi) is 8.87. The summed E-state index contributed by atoms with van der Waals surface area (Å²) in [5.74, 6) is 0. The SMILES string of the molecule is c1ccc(-c2ccc(-c3ccc(N(c4ccc(-c5cccc6oc7c8ccccc8c(-c8ccccc8)cc7c56)cc4)c4cccc(-c5ccccc5)c4)cc3)cc2)cc1. The standard InChI is InChI=1S/C58H39NO/c1-4-14-40(15-5-1)42-26-28-43(29-27-42)44-30-34-48(35-31-44)59(50-21-12-20-47(38-50)41-16-6-2-7-17-41)49-36-32-46(33-37-49)51-24-13-25-56-57(51)55-39-54(45-18-8-3-9-19-45)52-22-10-11-23-53(52)58(55)60-56/h1-39H. The zero-order valence-corrected chi connectivity index (χ0v) is 32.9. The van der Waals surface area contributed by atoms with Gasteiger partial charge >= 0.3 is 0 Å². The maximum absolute atomic E-state index is 6.70. The minimum Gasteiger partial charge on any atom is -0.455 e. The Morgan fingerprint density at radius 3 is 1.33 bits per heavy atom. The lowest BCUT2D eigenvalue weighted by Gasteiger charge is -2.26. The van der Waals surface area contributed by atoms with Crippen molar-refractivity contribution in [2.24, 2.45) is 0 Å². The molecule has 0 aliphatic rings. The van der Waals surface area contributed by atoms with Crippen LogP contribution >= 0.6 is 0 Å². The van der Waals surface area contributed by atoms with Gasteiger partial charge in [0.2, 0.25) is 0 Å². The van der Waals surface area contributed by atoms with Crippen LogP contribution in [0.5, 0.6) is 0 Å². The van der Waals surface area contributed by atoms with Crippen molar-refractivity contribution in [3.05, 3.63) is 237 Å². The van der Waals surface area contributed by atoms with Crippen molar-refractivity contribution in [3.63, 3.8) is 0 Å². The lowest BCUT2D eigenvalue weighted by Crippen LogP contribution is -2.10. The number of hydrogen-bond acceptors (Lipinski definition) is 2. The molecule has 2 heteroatoms. The minimum atomic E-state index is 0.885. The molecular formula is C58H39NO. The average molecular weight is 766 g/mol. The molecule has 0 spiro atoms. The molecule has 2 nitrogen and oxygen atoms in total. The fourth-order valence-electron chi connectivity index (χ4n) is 8.73. The fourth-order valence-corrected chi connectivity index (χ4v) is 8.73. The molecule has 282 valence electrons. The Balaban J connectivity index is 1.00. The number of fused-ring (bicyclic) bond motifs is 5. The van der Waals surface area contributed by atoms with E-state index in [2.05, 4.69) is 241 Å². The molecule has 11 aromatic rings. The average Bonchev–Trinajstić information content (AvgIpc) is 3.72. The number of furan rings is 1. The first kappa shape index (κ1) is 35.2. The van der Waals surface area contributed by atoms with E-state index in [9.17, 15) is 0 Å². The summed E-state index contributed by atoms with van der Waals surface area (Å²) in [6, 6.07) is 84.7. The van der Waals surface area contributed by atoms with Crippen molar-refractivity contribution in [1.29, 1.82) is 0 Å². The topological polar surface area (TPSA) is 16.4 Å². The van der Waals surface area contributed by atoms with Gasteiger partial charge in [-0.15, -0.1) is 0 Å². The highest BCUT2D eigenvalue weighted by atomic mass is 16.3. The van der Waals surface area contributed by atoms with Crippen molar-refractivity contribution in [2.45, 2.75) is 0 Å². The lowest BCUT2D eigenvalue weighted by atomic mass is 9.93. The summed E-state index contributed by atoms with van der Waals surface area (Å²) in [5, 5.41) is 4.56. The fraction of sp³-hybridized carbons (Fsp3) is 0. The molecule has 0 radical (unpaired) electrons. The van der Waals surface area contributed by atoms with Crippen molar-refractivity contribution >= 4 is 49.8 Å². The maximum Gasteiger partial charge on any atom is 0.143 e. The van der Waals surface area contributed by atoms with E-state index < -0.39 is 0 Å². The maximum atomic E-state index is 6.70. The highest BCUT2D eigenvalue weighted by Crippen LogP contribution is 2.44. The smallest absolute Gasteiger partial charge is 0.143 e. The molecule has 0 saturated heterocycles. The van der Waals surface area contributed by atoms with Gasteiger partial charge in [-0.05, 0) is 110 Å². The number of nitrogens with zero attached hydrogens (tertiary/aromatic N) is 1. The van der Waals surface area contributed by atoms with Crippen LogP contribution in [-0.2, 0) is 0 Å². The second kappa shape index (κ2) is 15.1. The second-order valence-electron chi connectivity index (χ2n) is 15.3. The largest absolute Gasteiger partial charge is 0.455 e. The van der Waals surface area contributed by atoms with Crippen molar-refractivity contribution in [1.82, 2.24) is 0 Å². The number of anilines is 3. The van der Waals surface area contributed by atoms with Crippen LogP contribution in [0.3, 0.4) is 0 Å². The van der Waals surface area contributed by atoms with Crippen LogP contribution in [0.2, 0.25) is 0 Å². The van der Waals surface area contributed by atoms with Gasteiger partial charge in [0.05, 0.1) is 0 Å². The van der Waals surface area contributed by atoms with Gasteiger partial charge in [-0.1, -0.05) is 188 Å². The van der Waals surface area contributed by atoms with Gasteiger partial charge < -0.3 is 9.32 Å². The van der Waals surface area contributed by atoms with E-state index in [-0.39, 0.29) is 0 Å². The zero-order chi connectivity index (χ0) is 39.8. The first-order valence-corrected chi connectivity index (χ1v) is 20.5. The van der Waals surface area contributed by atoms with E-state index in [0.717, 1.165) is 55.5 Å². The van der Waals surface area contributed by atoms with Gasteiger partial charge in [-0.3, -0.25) is 0 Å². The molecule has 0 N–H and O–H groups in total. The van der Waals surface area contributed by atoms with Crippen LogP contribution in [0.1, 0.15) is 0 Å². The second-order valence-corrected chi connectivity index (χ2v) is 15.3. The van der Waals surface area contributed by atoms with E-state index >= 15 is 0 Å². The van der Waals surface area contributed by atoms with Crippen LogP contribution in [0.15, 0.2) is 241 Å². The summed E-state index contributed by atoms with van der Waals surface area (Å²) in [4.78, 5) is 2.35. The molecule has 0 saturated carbocycles. The van der Waals surface area contributed by atoms with E-state index in [4.69, 9.17) is 4.42 Å². The highest BCUT2D eigenvalue weighted by Gasteiger charge is 2.19. The van der Waals surface area contributed by atoms with E-state index in [0.29, 0.717) is 0 Å². The molecule has 0 unspecified atom stereocenters. The van der Waals surface area contributed by atoms with Crippen LogP contribution in [0.25, 0.3) is 88.3 Å². The van der Waals surface area contributed by atoms with Crippen LogP contribution < -0.4 is 4.90 Å². The van der Waals surface area contributed by atoms with Gasteiger partial charge in [0, 0.05) is 33.2 Å². The normalized spacial score (nSPS) is 11.3. The summed E-state index contributed by atoms with van der Waals surface area (Å²) in [7, 11) is 0. The number of hydrogen-bond donors (Lipinski definition) is 0. The summed E-state index contributed by atoms with van der Waals surface area (Å²) >= 11 is 0. The van der Waals surface area contributed by atoms with Crippen LogP contribution in [0.4, 0.5) is 17.1 Å². The predicted molar refractivity (Wildman–Crippen MR) is 253 cm³/mol. The van der Waals surface area contributed by atoms with Crippen molar-refractivity contribution < 1.29 is 4.42 Å². The van der Waals surface area contributed by atoms with Gasteiger partial charge in [-0.25, -0.2) is 0 Å². The summed E-state index contributed by atoms with van der Waals surface area (Å²) in [6.07, 6.45) is 0. The molecule has 0 fully saturated rings. The summed E-state index contributed by atoms with van der Waals surface area (Å²) in [5.41, 5.74) is 16.9. The third kappa shape index (κ3) is 6.41. The molecule has 0 atom stereocenters. The van der Waals surface area contributed by atoms with Gasteiger partial charge in [0.25, 0.3) is 0 Å². The Labute approximate surface area is 349 Å². The minimum absolute atomic E-state index is 0.885. The Morgan fingerprint density at radius 2 is 0.717 bits per heavy atom. The molecule has 1 heterocycles. The van der Waals surface area contributed by atoms with Crippen molar-refractivity contribution in [2.75, 3.05) is 4.90 Å². The number of rotatable bonds is 8. The molecule has 10 aromatic carbocycles. The first-order chi connectivity index (χ1) is 29.7. The molecule has 0 bridgehead atoms. The molecule has 1 aromatic heterocycles. The first-order valence-electron chi connectivity index (χ1n) is 20.5. The zero-order valence-electron chi connectivity index (χ0n) is 32.9. The monoisotopic (exact) mass is 765 g/mol. The Bertz CT molecular complexity index is 3260. The van der Waals surface area contributed by atoms with Crippen molar-refractivity contribution in [3.8, 4) is 55.6 Å². The highest BCUT2D eigenvalue weighted by molar-refractivity contribution is 6.22. The lowest BCUT2D eigenvalue weighted by molar-refractivity contribution is 0.673. The molecule has 0 aliphatic heterocycles. The Morgan fingerprint density at radius 1 is 0.267 bits per heavy atom. The third-order valence-electron chi connectivity index (χ3n) is 11.7. The number of benzene rings is 10. The summed E-state index contributed by atoms with van der Waals surface area (Å²) < 4.78 is 6.70. The molecular weight excluding hydrogens is 727 g/mol. The predicted octanol–water partition coefficient (Wildman–Crippen LogP) is 16.5. The quantitative estimate of drug-likeness (QED) is 0.153. The summed E-state index contributed by atoms with van der Waals surface area (Å²) in [6.45, 7) is 0. The van der Waals surface area contributed by atoms with Gasteiger partial charge in [0.15, 0.2) is 0 Å². The van der Waals surface area contributed by atoms with E-state index in [1.165, 1.54) is 49.9 Å². The van der Waals surface area contributed by atoms with Gasteiger partial charge in [0.1, 0.15) is 11.2 Å². The van der Waals surface area contributed by atoms with E-state index in [1.54, 1.807) is 0 Å². The molecule has 11 rings (SSSR count). The van der Waals surface area contributed by atoms with Crippen LogP contribution in [-0.4, -0.2) is 0 Å². The molecule has 0 amide bonds. The molecule has 60 heavy (non-hydrogen) atoms.